The summed E-state index contributed by atoms with van der Waals surface area (Å²) in [7, 11) is 0. The normalized spacial score (nSPS) is 12.6. The fourth-order valence-electron chi connectivity index (χ4n) is 1.89. The molecule has 0 spiro atoms. The first-order valence-electron chi connectivity index (χ1n) is 5.91. The van der Waals surface area contributed by atoms with Crippen LogP contribution in [0, 0.1) is 0 Å². The maximum absolute atomic E-state index is 5.65. The number of nitrogens with one attached hydrogen (secondary N) is 1. The zero-order valence-electron chi connectivity index (χ0n) is 10.0. The van der Waals surface area contributed by atoms with Crippen molar-refractivity contribution in [1.29, 1.82) is 0 Å². The Morgan fingerprint density at radius 2 is 2.00 bits per heavy atom. The van der Waals surface area contributed by atoms with Crippen LogP contribution < -0.4 is 11.3 Å². The lowest BCUT2D eigenvalue weighted by molar-refractivity contribution is 0.555. The lowest BCUT2D eigenvalue weighted by atomic mass is 10.0. The summed E-state index contributed by atoms with van der Waals surface area (Å²) in [4.78, 5) is 1.35. The SMILES string of the molecule is CCc1ccc(C(Cc2cccs2)NN)cc1. The third-order valence-corrected chi connectivity index (χ3v) is 3.88. The highest BCUT2D eigenvalue weighted by molar-refractivity contribution is 7.09. The molecule has 1 atom stereocenters. The van der Waals surface area contributed by atoms with Crippen molar-refractivity contribution in [3.8, 4) is 0 Å². The fourth-order valence-corrected chi connectivity index (χ4v) is 2.64. The molecule has 0 saturated carbocycles. The summed E-state index contributed by atoms with van der Waals surface area (Å²) in [6.45, 7) is 2.17. The summed E-state index contributed by atoms with van der Waals surface area (Å²) in [6, 6.07) is 13.1. The highest BCUT2D eigenvalue weighted by Crippen LogP contribution is 2.21. The van der Waals surface area contributed by atoms with Gasteiger partial charge in [-0.2, -0.15) is 0 Å². The summed E-state index contributed by atoms with van der Waals surface area (Å²) in [5, 5.41) is 2.10. The Balaban J connectivity index is 2.11. The molecule has 0 radical (unpaired) electrons. The van der Waals surface area contributed by atoms with Crippen molar-refractivity contribution in [3.63, 3.8) is 0 Å². The van der Waals surface area contributed by atoms with Crippen molar-refractivity contribution < 1.29 is 0 Å². The molecule has 1 aromatic heterocycles. The van der Waals surface area contributed by atoms with Crippen LogP contribution in [-0.2, 0) is 12.8 Å². The molecule has 17 heavy (non-hydrogen) atoms. The smallest absolute Gasteiger partial charge is 0.0508 e. The Morgan fingerprint density at radius 3 is 2.53 bits per heavy atom. The van der Waals surface area contributed by atoms with E-state index in [1.807, 2.05) is 0 Å². The largest absolute Gasteiger partial charge is 0.271 e. The summed E-state index contributed by atoms with van der Waals surface area (Å²) >= 11 is 1.77. The predicted molar refractivity (Wildman–Crippen MR) is 73.9 cm³/mol. The second-order valence-corrected chi connectivity index (χ2v) is 5.13. The van der Waals surface area contributed by atoms with Crippen LogP contribution in [0.3, 0.4) is 0 Å². The fraction of sp³-hybridized carbons (Fsp3) is 0.286. The molecular formula is C14H18N2S. The number of hydrogen-bond acceptors (Lipinski definition) is 3. The molecule has 3 heteroatoms. The Hall–Kier alpha value is -1.16. The van der Waals surface area contributed by atoms with E-state index in [-0.39, 0.29) is 6.04 Å². The van der Waals surface area contributed by atoms with E-state index in [1.165, 1.54) is 16.0 Å². The molecule has 0 aliphatic carbocycles. The number of nitrogens with two attached hydrogens (primary N) is 1. The molecule has 0 fully saturated rings. The highest BCUT2D eigenvalue weighted by atomic mass is 32.1. The van der Waals surface area contributed by atoms with E-state index in [1.54, 1.807) is 11.3 Å². The quantitative estimate of drug-likeness (QED) is 0.628. The molecule has 0 saturated heterocycles. The number of hydrogen-bond donors (Lipinski definition) is 2. The molecule has 3 N–H and O–H groups in total. The van der Waals surface area contributed by atoms with Gasteiger partial charge in [-0.25, -0.2) is 0 Å². The molecule has 1 aromatic carbocycles. The zero-order chi connectivity index (χ0) is 12.1. The predicted octanol–water partition coefficient (Wildman–Crippen LogP) is 3.06. The van der Waals surface area contributed by atoms with E-state index >= 15 is 0 Å². The number of aryl methyl sites for hydroxylation is 1. The summed E-state index contributed by atoms with van der Waals surface area (Å²) in [6.07, 6.45) is 2.02. The minimum atomic E-state index is 0.194. The van der Waals surface area contributed by atoms with Gasteiger partial charge in [0.1, 0.15) is 0 Å². The standard InChI is InChI=1S/C14H18N2S/c1-2-11-5-7-12(8-6-11)14(16-15)10-13-4-3-9-17-13/h3-9,14,16H,2,10,15H2,1H3. The van der Waals surface area contributed by atoms with Gasteiger partial charge in [0, 0.05) is 11.3 Å². The third-order valence-electron chi connectivity index (χ3n) is 2.98. The molecule has 2 aromatic rings. The van der Waals surface area contributed by atoms with Crippen LogP contribution in [0.2, 0.25) is 0 Å². The van der Waals surface area contributed by atoms with Gasteiger partial charge in [-0.15, -0.1) is 11.3 Å². The van der Waals surface area contributed by atoms with Crippen LogP contribution in [0.1, 0.15) is 29.0 Å². The van der Waals surface area contributed by atoms with Crippen molar-refractivity contribution >= 4 is 11.3 Å². The second kappa shape index (κ2) is 5.96. The van der Waals surface area contributed by atoms with Crippen molar-refractivity contribution in [1.82, 2.24) is 5.43 Å². The van der Waals surface area contributed by atoms with Gasteiger partial charge >= 0.3 is 0 Å². The number of benzene rings is 1. The highest BCUT2D eigenvalue weighted by Gasteiger charge is 2.10. The number of rotatable bonds is 5. The van der Waals surface area contributed by atoms with Crippen LogP contribution in [0.4, 0.5) is 0 Å². The molecule has 2 rings (SSSR count). The van der Waals surface area contributed by atoms with Gasteiger partial charge in [-0.1, -0.05) is 37.3 Å². The topological polar surface area (TPSA) is 38.0 Å². The van der Waals surface area contributed by atoms with Gasteiger partial charge in [0.2, 0.25) is 0 Å². The van der Waals surface area contributed by atoms with E-state index in [4.69, 9.17) is 5.84 Å². The van der Waals surface area contributed by atoms with Crippen molar-refractivity contribution in [2.45, 2.75) is 25.8 Å². The van der Waals surface area contributed by atoms with Gasteiger partial charge in [0.15, 0.2) is 0 Å². The molecule has 1 unspecified atom stereocenters. The van der Waals surface area contributed by atoms with E-state index < -0.39 is 0 Å². The van der Waals surface area contributed by atoms with Crippen LogP contribution in [0.25, 0.3) is 0 Å². The lowest BCUT2D eigenvalue weighted by Crippen LogP contribution is -2.29. The first kappa shape index (κ1) is 12.3. The Bertz CT molecular complexity index is 434. The Labute approximate surface area is 106 Å². The van der Waals surface area contributed by atoms with E-state index in [9.17, 15) is 0 Å². The van der Waals surface area contributed by atoms with Crippen LogP contribution in [-0.4, -0.2) is 0 Å². The molecule has 0 bridgehead atoms. The summed E-state index contributed by atoms with van der Waals surface area (Å²) in [5.74, 6) is 5.65. The van der Waals surface area contributed by atoms with Crippen molar-refractivity contribution in [2.75, 3.05) is 0 Å². The maximum Gasteiger partial charge on any atom is 0.0508 e. The molecule has 2 nitrogen and oxygen atoms in total. The van der Waals surface area contributed by atoms with Crippen LogP contribution >= 0.6 is 11.3 Å². The van der Waals surface area contributed by atoms with Crippen LogP contribution in [0.5, 0.6) is 0 Å². The van der Waals surface area contributed by atoms with E-state index in [2.05, 4.69) is 54.1 Å². The monoisotopic (exact) mass is 246 g/mol. The Morgan fingerprint density at radius 1 is 1.24 bits per heavy atom. The van der Waals surface area contributed by atoms with Gasteiger partial charge < -0.3 is 0 Å². The van der Waals surface area contributed by atoms with Gasteiger partial charge in [-0.3, -0.25) is 11.3 Å². The molecule has 1 heterocycles. The number of hydrazine groups is 1. The van der Waals surface area contributed by atoms with Crippen LogP contribution in [0.15, 0.2) is 41.8 Å². The van der Waals surface area contributed by atoms with Gasteiger partial charge in [0.25, 0.3) is 0 Å². The van der Waals surface area contributed by atoms with Gasteiger partial charge in [0.05, 0.1) is 6.04 Å². The summed E-state index contributed by atoms with van der Waals surface area (Å²) < 4.78 is 0. The molecule has 0 amide bonds. The Kier molecular flexibility index (Phi) is 4.31. The third kappa shape index (κ3) is 3.16. The van der Waals surface area contributed by atoms with Gasteiger partial charge in [-0.05, 0) is 29.0 Å². The number of thiophene rings is 1. The van der Waals surface area contributed by atoms with E-state index in [0.717, 1.165) is 12.8 Å². The maximum atomic E-state index is 5.65. The first-order valence-corrected chi connectivity index (χ1v) is 6.78. The van der Waals surface area contributed by atoms with Crippen molar-refractivity contribution in [2.24, 2.45) is 5.84 Å². The van der Waals surface area contributed by atoms with Crippen molar-refractivity contribution in [3.05, 3.63) is 57.8 Å². The van der Waals surface area contributed by atoms with E-state index in [0.29, 0.717) is 0 Å². The molecular weight excluding hydrogens is 228 g/mol. The minimum absolute atomic E-state index is 0.194. The molecule has 0 aliphatic rings. The lowest BCUT2D eigenvalue weighted by Gasteiger charge is -2.15. The molecule has 90 valence electrons. The minimum Gasteiger partial charge on any atom is -0.271 e. The summed E-state index contributed by atoms with van der Waals surface area (Å²) in [5.41, 5.74) is 5.51. The average Bonchev–Trinajstić information content (AvgIpc) is 2.89. The first-order chi connectivity index (χ1) is 8.33. The molecule has 0 aliphatic heterocycles. The zero-order valence-corrected chi connectivity index (χ0v) is 10.8. The second-order valence-electron chi connectivity index (χ2n) is 4.10. The average molecular weight is 246 g/mol.